The number of morpholine rings is 1. The van der Waals surface area contributed by atoms with Gasteiger partial charge in [0.2, 0.25) is 5.91 Å². The monoisotopic (exact) mass is 334 g/mol. The third kappa shape index (κ3) is 4.96. The van der Waals surface area contributed by atoms with Crippen LogP contribution >= 0.6 is 0 Å². The van der Waals surface area contributed by atoms with Crippen LogP contribution in [-0.4, -0.2) is 84.8 Å². The van der Waals surface area contributed by atoms with Gasteiger partial charge >= 0.3 is 0 Å². The van der Waals surface area contributed by atoms with Gasteiger partial charge in [0.1, 0.15) is 0 Å². The molecule has 3 heterocycles. The van der Waals surface area contributed by atoms with Crippen molar-refractivity contribution in [2.24, 2.45) is 5.92 Å². The zero-order valence-corrected chi connectivity index (χ0v) is 14.3. The van der Waals surface area contributed by atoms with Crippen LogP contribution in [0.4, 0.5) is 0 Å². The number of carbonyl (C=O) groups excluding carboxylic acids is 1. The van der Waals surface area contributed by atoms with Crippen LogP contribution in [0.15, 0.2) is 12.4 Å². The number of hydrogen-bond acceptors (Lipinski definition) is 6. The van der Waals surface area contributed by atoms with Crippen molar-refractivity contribution in [3.8, 4) is 0 Å². The van der Waals surface area contributed by atoms with E-state index in [9.17, 15) is 4.79 Å². The normalized spacial score (nSPS) is 23.0. The summed E-state index contributed by atoms with van der Waals surface area (Å²) >= 11 is 0. The molecule has 0 radical (unpaired) electrons. The zero-order valence-electron chi connectivity index (χ0n) is 14.3. The van der Waals surface area contributed by atoms with E-state index in [1.54, 1.807) is 6.20 Å². The molecule has 0 bridgehead atoms. The SMILES string of the molecule is Cc1cnc(C[C@H]2COCCN(C(=O)CN3CCOCC3)C2)cn1. The fourth-order valence-corrected chi connectivity index (χ4v) is 3.10. The fraction of sp³-hybridized carbons (Fsp3) is 0.706. The van der Waals surface area contributed by atoms with Crippen molar-refractivity contribution in [2.75, 3.05) is 59.2 Å². The maximum Gasteiger partial charge on any atom is 0.236 e. The molecule has 132 valence electrons. The molecule has 1 aromatic heterocycles. The first-order chi connectivity index (χ1) is 11.7. The second-order valence-corrected chi connectivity index (χ2v) is 6.52. The Labute approximate surface area is 143 Å². The van der Waals surface area contributed by atoms with E-state index in [0.29, 0.717) is 39.5 Å². The summed E-state index contributed by atoms with van der Waals surface area (Å²) in [7, 11) is 0. The Hall–Kier alpha value is -1.57. The Balaban J connectivity index is 1.55. The Morgan fingerprint density at radius 2 is 1.96 bits per heavy atom. The van der Waals surface area contributed by atoms with Crippen molar-refractivity contribution in [3.05, 3.63) is 23.8 Å². The van der Waals surface area contributed by atoms with Crippen LogP contribution in [0.1, 0.15) is 11.4 Å². The molecule has 24 heavy (non-hydrogen) atoms. The highest BCUT2D eigenvalue weighted by atomic mass is 16.5. The topological polar surface area (TPSA) is 67.8 Å². The van der Waals surface area contributed by atoms with Gasteiger partial charge in [-0.15, -0.1) is 0 Å². The highest BCUT2D eigenvalue weighted by Crippen LogP contribution is 2.13. The predicted octanol–water partition coefficient (Wildman–Crippen LogP) is 0.135. The van der Waals surface area contributed by atoms with Gasteiger partial charge < -0.3 is 14.4 Å². The summed E-state index contributed by atoms with van der Waals surface area (Å²) in [5.41, 5.74) is 1.87. The quantitative estimate of drug-likeness (QED) is 0.780. The van der Waals surface area contributed by atoms with Gasteiger partial charge in [-0.1, -0.05) is 0 Å². The minimum Gasteiger partial charge on any atom is -0.379 e. The van der Waals surface area contributed by atoms with Crippen molar-refractivity contribution in [2.45, 2.75) is 13.3 Å². The maximum absolute atomic E-state index is 12.6. The van der Waals surface area contributed by atoms with E-state index >= 15 is 0 Å². The van der Waals surface area contributed by atoms with Gasteiger partial charge in [-0.2, -0.15) is 0 Å². The first-order valence-corrected chi connectivity index (χ1v) is 8.64. The molecule has 2 aliphatic rings. The molecule has 2 fully saturated rings. The number of nitrogens with zero attached hydrogens (tertiary/aromatic N) is 4. The molecule has 1 atom stereocenters. The predicted molar refractivity (Wildman–Crippen MR) is 88.6 cm³/mol. The van der Waals surface area contributed by atoms with Gasteiger partial charge in [-0.25, -0.2) is 0 Å². The molecule has 0 unspecified atom stereocenters. The summed E-state index contributed by atoms with van der Waals surface area (Å²) < 4.78 is 11.0. The van der Waals surface area contributed by atoms with E-state index in [0.717, 1.165) is 37.4 Å². The molecule has 1 amide bonds. The highest BCUT2D eigenvalue weighted by molar-refractivity contribution is 5.78. The molecule has 7 heteroatoms. The molecule has 0 saturated carbocycles. The molecule has 0 aromatic carbocycles. The molecule has 1 aromatic rings. The summed E-state index contributed by atoms with van der Waals surface area (Å²) in [4.78, 5) is 25.4. The van der Waals surface area contributed by atoms with Crippen LogP contribution in [0.5, 0.6) is 0 Å². The van der Waals surface area contributed by atoms with Gasteiger partial charge in [0.15, 0.2) is 0 Å². The molecule has 3 rings (SSSR count). The standard InChI is InChI=1S/C17H26N4O3/c1-14-9-19-16(10-18-14)8-15-11-21(4-7-24-13-15)17(22)12-20-2-5-23-6-3-20/h9-10,15H,2-8,11-13H2,1H3/t15-/m1/s1. The van der Waals surface area contributed by atoms with Gasteiger partial charge in [-0.3, -0.25) is 19.7 Å². The van der Waals surface area contributed by atoms with Crippen molar-refractivity contribution in [3.63, 3.8) is 0 Å². The van der Waals surface area contributed by atoms with E-state index < -0.39 is 0 Å². The van der Waals surface area contributed by atoms with Crippen LogP contribution < -0.4 is 0 Å². The first-order valence-electron chi connectivity index (χ1n) is 8.64. The molecular weight excluding hydrogens is 308 g/mol. The van der Waals surface area contributed by atoms with E-state index in [2.05, 4.69) is 14.9 Å². The molecule has 2 saturated heterocycles. The van der Waals surface area contributed by atoms with Crippen molar-refractivity contribution in [1.29, 1.82) is 0 Å². The summed E-state index contributed by atoms with van der Waals surface area (Å²) in [6.45, 7) is 8.14. The fourth-order valence-electron chi connectivity index (χ4n) is 3.10. The number of rotatable bonds is 4. The number of carbonyl (C=O) groups is 1. The summed E-state index contributed by atoms with van der Waals surface area (Å²) in [5, 5.41) is 0. The zero-order chi connectivity index (χ0) is 16.8. The lowest BCUT2D eigenvalue weighted by atomic mass is 10.0. The molecule has 0 spiro atoms. The number of amides is 1. The van der Waals surface area contributed by atoms with E-state index in [4.69, 9.17) is 9.47 Å². The van der Waals surface area contributed by atoms with Crippen LogP contribution in [0.3, 0.4) is 0 Å². The maximum atomic E-state index is 12.6. The molecular formula is C17H26N4O3. The average molecular weight is 334 g/mol. The Kier molecular flexibility index (Phi) is 6.12. The second-order valence-electron chi connectivity index (χ2n) is 6.52. The third-order valence-corrected chi connectivity index (χ3v) is 4.49. The van der Waals surface area contributed by atoms with Gasteiger partial charge in [-0.05, 0) is 13.3 Å². The average Bonchev–Trinajstić information content (AvgIpc) is 2.83. The highest BCUT2D eigenvalue weighted by Gasteiger charge is 2.25. The molecule has 0 aliphatic carbocycles. The molecule has 7 nitrogen and oxygen atoms in total. The van der Waals surface area contributed by atoms with Crippen LogP contribution in [0.25, 0.3) is 0 Å². The van der Waals surface area contributed by atoms with Crippen molar-refractivity contribution in [1.82, 2.24) is 19.8 Å². The molecule has 0 N–H and O–H groups in total. The van der Waals surface area contributed by atoms with Gasteiger partial charge in [0.05, 0.1) is 44.4 Å². The Morgan fingerprint density at radius 3 is 2.71 bits per heavy atom. The number of aromatic nitrogens is 2. The third-order valence-electron chi connectivity index (χ3n) is 4.49. The van der Waals surface area contributed by atoms with Gasteiger partial charge in [0, 0.05) is 44.5 Å². The molecule has 2 aliphatic heterocycles. The number of ether oxygens (including phenoxy) is 2. The minimum atomic E-state index is 0.183. The number of hydrogen-bond donors (Lipinski definition) is 0. The lowest BCUT2D eigenvalue weighted by Crippen LogP contribution is -2.46. The lowest BCUT2D eigenvalue weighted by molar-refractivity contribution is -0.133. The van der Waals surface area contributed by atoms with Crippen molar-refractivity contribution < 1.29 is 14.3 Å². The van der Waals surface area contributed by atoms with E-state index in [-0.39, 0.29) is 11.8 Å². The summed E-state index contributed by atoms with van der Waals surface area (Å²) in [6, 6.07) is 0. The number of aryl methyl sites for hydroxylation is 1. The first kappa shape index (κ1) is 17.3. The Bertz CT molecular complexity index is 531. The summed E-state index contributed by atoms with van der Waals surface area (Å²) in [6.07, 6.45) is 4.39. The minimum absolute atomic E-state index is 0.183. The second kappa shape index (κ2) is 8.50. The van der Waals surface area contributed by atoms with Crippen LogP contribution in [0, 0.1) is 12.8 Å². The Morgan fingerprint density at radius 1 is 1.17 bits per heavy atom. The van der Waals surface area contributed by atoms with Crippen LogP contribution in [-0.2, 0) is 20.7 Å². The smallest absolute Gasteiger partial charge is 0.236 e. The van der Waals surface area contributed by atoms with Crippen molar-refractivity contribution >= 4 is 5.91 Å². The largest absolute Gasteiger partial charge is 0.379 e. The lowest BCUT2D eigenvalue weighted by Gasteiger charge is -2.29. The van der Waals surface area contributed by atoms with Crippen LogP contribution in [0.2, 0.25) is 0 Å². The van der Waals surface area contributed by atoms with E-state index in [1.807, 2.05) is 18.0 Å². The summed E-state index contributed by atoms with van der Waals surface area (Å²) in [5.74, 6) is 0.445. The van der Waals surface area contributed by atoms with Gasteiger partial charge in [0.25, 0.3) is 0 Å². The van der Waals surface area contributed by atoms with E-state index in [1.165, 1.54) is 0 Å².